The third kappa shape index (κ3) is 2.61. The predicted molar refractivity (Wildman–Crippen MR) is 121 cm³/mol. The van der Waals surface area contributed by atoms with Crippen LogP contribution in [0.25, 0.3) is 11.1 Å². The van der Waals surface area contributed by atoms with Gasteiger partial charge in [0.05, 0.1) is 11.8 Å². The highest BCUT2D eigenvalue weighted by Gasteiger charge is 2.60. The first-order chi connectivity index (χ1) is 14.4. The van der Waals surface area contributed by atoms with E-state index in [-0.39, 0.29) is 5.41 Å². The summed E-state index contributed by atoms with van der Waals surface area (Å²) in [5.74, 6) is 0.579. The van der Waals surface area contributed by atoms with Crippen LogP contribution in [0.4, 0.5) is 0 Å². The molecule has 1 unspecified atom stereocenters. The number of aryl methyl sites for hydroxylation is 1. The van der Waals surface area contributed by atoms with E-state index in [0.717, 1.165) is 37.8 Å². The minimum absolute atomic E-state index is 0.0226. The van der Waals surface area contributed by atoms with Gasteiger partial charge in [0.2, 0.25) is 0 Å². The maximum absolute atomic E-state index is 6.31. The number of aliphatic imine (C=N–C) groups is 2. The molecule has 2 aromatic rings. The van der Waals surface area contributed by atoms with Gasteiger partial charge in [-0.05, 0) is 81.2 Å². The fourth-order valence-corrected chi connectivity index (χ4v) is 5.76. The summed E-state index contributed by atoms with van der Waals surface area (Å²) in [7, 11) is 1.82. The number of hydrogen-bond donors (Lipinski definition) is 1. The Bertz CT molecular complexity index is 1060. The van der Waals surface area contributed by atoms with Gasteiger partial charge in [0.25, 0.3) is 0 Å². The largest absolute Gasteiger partial charge is 0.382 e. The summed E-state index contributed by atoms with van der Waals surface area (Å²) in [6, 6.07) is 6.81. The zero-order valence-electron chi connectivity index (χ0n) is 18.3. The number of methoxy groups -OCH3 is 1. The minimum atomic E-state index is -0.601. The number of nitrogens with two attached hydrogens (primary N) is 1. The van der Waals surface area contributed by atoms with Crippen molar-refractivity contribution in [2.24, 2.45) is 21.1 Å². The molecule has 5 heteroatoms. The molecule has 30 heavy (non-hydrogen) atoms. The monoisotopic (exact) mass is 402 g/mol. The molecule has 1 fully saturated rings. The summed E-state index contributed by atoms with van der Waals surface area (Å²) in [5.41, 5.74) is 13.9. The van der Waals surface area contributed by atoms with Crippen molar-refractivity contribution in [1.29, 1.82) is 0 Å². The molecule has 0 bridgehead atoms. The van der Waals surface area contributed by atoms with Crippen LogP contribution in [0.3, 0.4) is 0 Å². The van der Waals surface area contributed by atoms with Crippen LogP contribution >= 0.6 is 0 Å². The van der Waals surface area contributed by atoms with Crippen molar-refractivity contribution in [1.82, 2.24) is 4.98 Å². The van der Waals surface area contributed by atoms with Gasteiger partial charge < -0.3 is 10.5 Å². The normalized spacial score (nSPS) is 29.9. The van der Waals surface area contributed by atoms with Crippen LogP contribution in [-0.4, -0.2) is 29.7 Å². The van der Waals surface area contributed by atoms with E-state index in [9.17, 15) is 0 Å². The second-order valence-electron chi connectivity index (χ2n) is 9.26. The van der Waals surface area contributed by atoms with Gasteiger partial charge >= 0.3 is 0 Å². The lowest BCUT2D eigenvalue weighted by atomic mass is 9.65. The molecule has 2 heterocycles. The summed E-state index contributed by atoms with van der Waals surface area (Å²) >= 11 is 0. The summed E-state index contributed by atoms with van der Waals surface area (Å²) < 4.78 is 5.66. The van der Waals surface area contributed by atoms with Gasteiger partial charge in [-0.2, -0.15) is 0 Å². The van der Waals surface area contributed by atoms with Crippen LogP contribution in [0.5, 0.6) is 0 Å². The molecule has 2 N–H and O–H groups in total. The zero-order valence-corrected chi connectivity index (χ0v) is 18.3. The quantitative estimate of drug-likeness (QED) is 0.805. The lowest BCUT2D eigenvalue weighted by molar-refractivity contribution is -0.000372. The first-order valence-electron chi connectivity index (χ1n) is 10.9. The first kappa shape index (κ1) is 19.4. The first-order valence-corrected chi connectivity index (χ1v) is 10.9. The number of pyridine rings is 1. The highest BCUT2D eigenvalue weighted by molar-refractivity contribution is 6.41. The zero-order chi connectivity index (χ0) is 21.1. The van der Waals surface area contributed by atoms with Crippen LogP contribution in [0, 0.1) is 19.3 Å². The number of amidine groups is 1. The van der Waals surface area contributed by atoms with E-state index in [1.165, 1.54) is 33.4 Å². The van der Waals surface area contributed by atoms with Crippen molar-refractivity contribution >= 4 is 11.5 Å². The predicted octanol–water partition coefficient (Wildman–Crippen LogP) is 4.48. The smallest absolute Gasteiger partial charge is 0.184 e. The topological polar surface area (TPSA) is 72.9 Å². The summed E-state index contributed by atoms with van der Waals surface area (Å²) in [6.45, 7) is 6.26. The Balaban J connectivity index is 1.67. The van der Waals surface area contributed by atoms with Crippen LogP contribution in [0.15, 0.2) is 40.6 Å². The second-order valence-corrected chi connectivity index (χ2v) is 9.26. The molecule has 1 aromatic carbocycles. The Hall–Kier alpha value is -2.53. The van der Waals surface area contributed by atoms with Gasteiger partial charge in [0.15, 0.2) is 5.66 Å². The molecule has 5 nitrogen and oxygen atoms in total. The molecule has 1 atom stereocenters. The van der Waals surface area contributed by atoms with E-state index >= 15 is 0 Å². The molecule has 0 saturated heterocycles. The fraction of sp³-hybridized carbons (Fsp3) is 0.480. The molecular formula is C25H30N4O. The lowest BCUT2D eigenvalue weighted by Crippen LogP contribution is -2.43. The van der Waals surface area contributed by atoms with E-state index in [2.05, 4.69) is 37.0 Å². The van der Waals surface area contributed by atoms with Crippen LogP contribution in [0.1, 0.15) is 54.9 Å². The molecule has 0 amide bonds. The van der Waals surface area contributed by atoms with E-state index in [4.69, 9.17) is 20.5 Å². The Morgan fingerprint density at radius 3 is 2.50 bits per heavy atom. The Labute approximate surface area is 178 Å². The second kappa shape index (κ2) is 6.74. The van der Waals surface area contributed by atoms with Gasteiger partial charge in [-0.25, -0.2) is 4.99 Å². The molecule has 1 saturated carbocycles. The van der Waals surface area contributed by atoms with E-state index in [0.29, 0.717) is 11.9 Å². The maximum Gasteiger partial charge on any atom is 0.184 e. The number of aromatic nitrogens is 1. The third-order valence-electron chi connectivity index (χ3n) is 7.74. The van der Waals surface area contributed by atoms with Gasteiger partial charge in [0.1, 0.15) is 5.84 Å². The third-order valence-corrected chi connectivity index (χ3v) is 7.74. The van der Waals surface area contributed by atoms with Gasteiger partial charge in [0, 0.05) is 36.0 Å². The lowest BCUT2D eigenvalue weighted by Gasteiger charge is -2.44. The number of fused-ring (bicyclic) bond motifs is 3. The van der Waals surface area contributed by atoms with Crippen molar-refractivity contribution in [2.45, 2.75) is 64.6 Å². The van der Waals surface area contributed by atoms with E-state index in [1.54, 1.807) is 0 Å². The molecule has 2 spiro atoms. The Kier molecular flexibility index (Phi) is 4.37. The van der Waals surface area contributed by atoms with E-state index < -0.39 is 5.66 Å². The van der Waals surface area contributed by atoms with Crippen LogP contribution < -0.4 is 5.73 Å². The summed E-state index contributed by atoms with van der Waals surface area (Å²) in [6.07, 6.45) is 9.41. The molecule has 1 aromatic heterocycles. The van der Waals surface area contributed by atoms with Crippen LogP contribution in [-0.2, 0) is 16.8 Å². The average molecular weight is 403 g/mol. The van der Waals surface area contributed by atoms with Crippen molar-refractivity contribution in [3.8, 4) is 11.1 Å². The summed E-state index contributed by atoms with van der Waals surface area (Å²) in [4.78, 5) is 14.7. The molecule has 1 aliphatic heterocycles. The Morgan fingerprint density at radius 2 is 1.83 bits per heavy atom. The van der Waals surface area contributed by atoms with Crippen molar-refractivity contribution in [3.05, 3.63) is 52.8 Å². The fourth-order valence-electron chi connectivity index (χ4n) is 5.76. The molecule has 0 radical (unpaired) electrons. The molecule has 5 rings (SSSR count). The van der Waals surface area contributed by atoms with Gasteiger partial charge in [-0.15, -0.1) is 0 Å². The van der Waals surface area contributed by atoms with Crippen LogP contribution in [0.2, 0.25) is 0 Å². The van der Waals surface area contributed by atoms with Gasteiger partial charge in [-0.1, -0.05) is 12.1 Å². The van der Waals surface area contributed by atoms with E-state index in [1.807, 2.05) is 26.4 Å². The molecule has 3 aliphatic rings. The highest BCUT2D eigenvalue weighted by atomic mass is 16.5. The average Bonchev–Trinajstić information content (AvgIpc) is 3.18. The number of hydrogen-bond acceptors (Lipinski definition) is 5. The molecule has 2 aliphatic carbocycles. The van der Waals surface area contributed by atoms with Crippen molar-refractivity contribution < 1.29 is 4.74 Å². The van der Waals surface area contributed by atoms with Gasteiger partial charge in [-0.3, -0.25) is 9.98 Å². The SMILES string of the molecule is COC1CCC2(CC1)Cc1ccc(-c3cncc(C)c3C)cc1C21N=C(C)C(N)=N1. The maximum atomic E-state index is 6.31. The number of benzene rings is 1. The number of ether oxygens (including phenoxy) is 1. The Morgan fingerprint density at radius 1 is 1.07 bits per heavy atom. The molecule has 156 valence electrons. The number of rotatable bonds is 2. The van der Waals surface area contributed by atoms with Crippen molar-refractivity contribution in [2.75, 3.05) is 7.11 Å². The summed E-state index contributed by atoms with van der Waals surface area (Å²) in [5, 5.41) is 0. The number of nitrogens with zero attached hydrogens (tertiary/aromatic N) is 3. The standard InChI is InChI=1S/C25H30N4O/c1-15-13-27-14-21(16(15)2)18-5-6-19-12-24(9-7-20(30-4)8-10-24)25(22(19)11-18)28-17(3)23(26)29-25/h5-6,11,13-14,20H,7-10,12H2,1-4H3,(H2,26,29). The minimum Gasteiger partial charge on any atom is -0.382 e. The highest BCUT2D eigenvalue weighted by Crippen LogP contribution is 2.62. The molecular weight excluding hydrogens is 372 g/mol. The van der Waals surface area contributed by atoms with Crippen molar-refractivity contribution in [3.63, 3.8) is 0 Å².